The molecule has 112 valence electrons. The van der Waals surface area contributed by atoms with Gasteiger partial charge in [0.15, 0.2) is 11.4 Å². The van der Waals surface area contributed by atoms with Crippen LogP contribution in [0.4, 0.5) is 0 Å². The molecule has 1 aromatic heterocycles. The fourth-order valence-electron chi connectivity index (χ4n) is 2.43. The van der Waals surface area contributed by atoms with Gasteiger partial charge in [-0.05, 0) is 37.9 Å². The average molecular weight is 305 g/mol. The van der Waals surface area contributed by atoms with Gasteiger partial charge in [0, 0.05) is 11.4 Å². The van der Waals surface area contributed by atoms with Gasteiger partial charge in [-0.25, -0.2) is 0 Å². The van der Waals surface area contributed by atoms with Crippen molar-refractivity contribution in [2.24, 2.45) is 0 Å². The molecule has 0 bridgehead atoms. The largest absolute Gasteiger partial charge is 0.379 e. The number of hydrogen-bond donors (Lipinski definition) is 2. The number of nitrogens with zero attached hydrogens (tertiary/aromatic N) is 2. The minimum absolute atomic E-state index is 0.329. The molecule has 1 atom stereocenters. The van der Waals surface area contributed by atoms with Gasteiger partial charge in [0.2, 0.25) is 0 Å². The van der Waals surface area contributed by atoms with Crippen LogP contribution in [0.25, 0.3) is 0 Å². The fraction of sp³-hybridized carbons (Fsp3) is 0.467. The standard InChI is InChI=1S/C15H19N3O2S/c1-11-5-2-3-6-12(11)21-9-13-17-14(20-18-13)15(19)7-4-8-16-10-15/h2-3,5-6,16,19H,4,7-10H2,1H3. The minimum atomic E-state index is -1.02. The van der Waals surface area contributed by atoms with E-state index in [4.69, 9.17) is 4.52 Å². The summed E-state index contributed by atoms with van der Waals surface area (Å²) in [5, 5.41) is 17.7. The van der Waals surface area contributed by atoms with Crippen molar-refractivity contribution in [1.82, 2.24) is 15.5 Å². The Morgan fingerprint density at radius 2 is 2.29 bits per heavy atom. The maximum Gasteiger partial charge on any atom is 0.259 e. The normalized spacial score (nSPS) is 22.4. The van der Waals surface area contributed by atoms with Gasteiger partial charge < -0.3 is 14.9 Å². The quantitative estimate of drug-likeness (QED) is 0.844. The maximum absolute atomic E-state index is 10.5. The molecule has 6 heteroatoms. The molecular formula is C15H19N3O2S. The lowest BCUT2D eigenvalue weighted by atomic mass is 9.94. The van der Waals surface area contributed by atoms with Crippen molar-refractivity contribution >= 4 is 11.8 Å². The second-order valence-corrected chi connectivity index (χ2v) is 6.40. The first-order valence-corrected chi connectivity index (χ1v) is 8.10. The molecule has 3 rings (SSSR count). The molecule has 1 saturated heterocycles. The molecule has 21 heavy (non-hydrogen) atoms. The van der Waals surface area contributed by atoms with Crippen molar-refractivity contribution in [2.45, 2.75) is 36.0 Å². The summed E-state index contributed by atoms with van der Waals surface area (Å²) in [6, 6.07) is 8.21. The Morgan fingerprint density at radius 3 is 3.05 bits per heavy atom. The number of aromatic nitrogens is 2. The molecule has 1 unspecified atom stereocenters. The van der Waals surface area contributed by atoms with Crippen molar-refractivity contribution in [3.63, 3.8) is 0 Å². The van der Waals surface area contributed by atoms with E-state index in [1.165, 1.54) is 10.5 Å². The summed E-state index contributed by atoms with van der Waals surface area (Å²) in [7, 11) is 0. The van der Waals surface area contributed by atoms with Gasteiger partial charge in [-0.15, -0.1) is 11.8 Å². The number of β-amino-alcohol motifs (C(OH)–C–C–N with tert-alkyl or cyclic N) is 1. The van der Waals surface area contributed by atoms with Crippen molar-refractivity contribution < 1.29 is 9.63 Å². The highest BCUT2D eigenvalue weighted by atomic mass is 32.2. The third-order valence-electron chi connectivity index (χ3n) is 3.68. The molecule has 0 aliphatic carbocycles. The zero-order chi connectivity index (χ0) is 14.7. The highest BCUT2D eigenvalue weighted by molar-refractivity contribution is 7.98. The number of benzene rings is 1. The Balaban J connectivity index is 1.67. The van der Waals surface area contributed by atoms with E-state index in [1.54, 1.807) is 11.8 Å². The second-order valence-electron chi connectivity index (χ2n) is 5.38. The summed E-state index contributed by atoms with van der Waals surface area (Å²) in [6.45, 7) is 3.48. The zero-order valence-corrected chi connectivity index (χ0v) is 12.8. The van der Waals surface area contributed by atoms with Crippen molar-refractivity contribution in [3.8, 4) is 0 Å². The van der Waals surface area contributed by atoms with Gasteiger partial charge in [-0.1, -0.05) is 23.4 Å². The lowest BCUT2D eigenvalue weighted by Crippen LogP contribution is -2.43. The molecule has 1 fully saturated rings. The summed E-state index contributed by atoms with van der Waals surface area (Å²) < 4.78 is 5.26. The van der Waals surface area contributed by atoms with E-state index in [0.717, 1.165) is 13.0 Å². The van der Waals surface area contributed by atoms with Crippen molar-refractivity contribution in [2.75, 3.05) is 13.1 Å². The zero-order valence-electron chi connectivity index (χ0n) is 12.0. The van der Waals surface area contributed by atoms with Crippen molar-refractivity contribution in [1.29, 1.82) is 0 Å². The smallest absolute Gasteiger partial charge is 0.259 e. The van der Waals surface area contributed by atoms with E-state index >= 15 is 0 Å². The van der Waals surface area contributed by atoms with E-state index in [0.29, 0.717) is 30.4 Å². The fourth-order valence-corrected chi connectivity index (χ4v) is 3.31. The first-order valence-electron chi connectivity index (χ1n) is 7.12. The Kier molecular flexibility index (Phi) is 4.28. The van der Waals surface area contributed by atoms with Crippen molar-refractivity contribution in [3.05, 3.63) is 41.5 Å². The van der Waals surface area contributed by atoms with Gasteiger partial charge in [-0.2, -0.15) is 4.98 Å². The third kappa shape index (κ3) is 3.28. The van der Waals surface area contributed by atoms with E-state index in [9.17, 15) is 5.11 Å². The van der Waals surface area contributed by atoms with Gasteiger partial charge >= 0.3 is 0 Å². The van der Waals surface area contributed by atoms with Gasteiger partial charge in [0.1, 0.15) is 0 Å². The SMILES string of the molecule is Cc1ccccc1SCc1noc(C2(O)CCCNC2)n1. The molecule has 1 aliphatic rings. The summed E-state index contributed by atoms with van der Waals surface area (Å²) in [6.07, 6.45) is 1.57. The molecule has 2 aromatic rings. The Bertz CT molecular complexity index is 608. The van der Waals surface area contributed by atoms with Gasteiger partial charge in [0.25, 0.3) is 5.89 Å². The highest BCUT2D eigenvalue weighted by Crippen LogP contribution is 2.29. The van der Waals surface area contributed by atoms with Crippen LogP contribution in [0.2, 0.25) is 0 Å². The summed E-state index contributed by atoms with van der Waals surface area (Å²) >= 11 is 1.68. The topological polar surface area (TPSA) is 71.2 Å². The number of piperidine rings is 1. The Morgan fingerprint density at radius 1 is 1.43 bits per heavy atom. The average Bonchev–Trinajstić information content (AvgIpc) is 2.97. The molecule has 5 nitrogen and oxygen atoms in total. The number of rotatable bonds is 4. The third-order valence-corrected chi connectivity index (χ3v) is 4.85. The first kappa shape index (κ1) is 14.6. The van der Waals surface area contributed by atoms with Crippen LogP contribution in [-0.4, -0.2) is 28.3 Å². The minimum Gasteiger partial charge on any atom is -0.379 e. The van der Waals surface area contributed by atoms with Gasteiger partial charge in [-0.3, -0.25) is 0 Å². The number of aryl methyl sites for hydroxylation is 1. The number of aliphatic hydroxyl groups is 1. The molecular weight excluding hydrogens is 286 g/mol. The second kappa shape index (κ2) is 6.17. The Hall–Kier alpha value is -1.37. The van der Waals surface area contributed by atoms with Crippen LogP contribution in [0.3, 0.4) is 0 Å². The molecule has 0 amide bonds. The molecule has 2 N–H and O–H groups in total. The monoisotopic (exact) mass is 305 g/mol. The molecule has 0 saturated carbocycles. The summed E-state index contributed by atoms with van der Waals surface area (Å²) in [4.78, 5) is 5.57. The molecule has 1 aliphatic heterocycles. The molecule has 0 radical (unpaired) electrons. The van der Waals surface area contributed by atoms with Crippen LogP contribution >= 0.6 is 11.8 Å². The van der Waals surface area contributed by atoms with E-state index in [2.05, 4.69) is 34.5 Å². The van der Waals surface area contributed by atoms with Crippen LogP contribution in [0.15, 0.2) is 33.7 Å². The molecule has 0 spiro atoms. The van der Waals surface area contributed by atoms with E-state index in [-0.39, 0.29) is 0 Å². The lowest BCUT2D eigenvalue weighted by molar-refractivity contribution is -0.0167. The lowest BCUT2D eigenvalue weighted by Gasteiger charge is -2.28. The Labute approximate surface area is 128 Å². The van der Waals surface area contributed by atoms with Gasteiger partial charge in [0.05, 0.1) is 5.75 Å². The van der Waals surface area contributed by atoms with Crippen LogP contribution in [-0.2, 0) is 11.4 Å². The maximum atomic E-state index is 10.5. The van der Waals surface area contributed by atoms with E-state index < -0.39 is 5.60 Å². The van der Waals surface area contributed by atoms with Crippen LogP contribution in [0.1, 0.15) is 30.1 Å². The number of thioether (sulfide) groups is 1. The van der Waals surface area contributed by atoms with Crippen LogP contribution in [0, 0.1) is 6.92 Å². The van der Waals surface area contributed by atoms with Crippen LogP contribution in [0.5, 0.6) is 0 Å². The summed E-state index contributed by atoms with van der Waals surface area (Å²) in [5.74, 6) is 1.59. The predicted molar refractivity (Wildman–Crippen MR) is 81.0 cm³/mol. The van der Waals surface area contributed by atoms with E-state index in [1.807, 2.05) is 12.1 Å². The predicted octanol–water partition coefficient (Wildman–Crippen LogP) is 2.24. The summed E-state index contributed by atoms with van der Waals surface area (Å²) in [5.41, 5.74) is 0.220. The number of nitrogens with one attached hydrogen (secondary N) is 1. The molecule has 2 heterocycles. The number of hydrogen-bond acceptors (Lipinski definition) is 6. The molecule has 1 aromatic carbocycles. The first-order chi connectivity index (χ1) is 10.2. The van der Waals surface area contributed by atoms with Crippen LogP contribution < -0.4 is 5.32 Å². The highest BCUT2D eigenvalue weighted by Gasteiger charge is 2.36.